The van der Waals surface area contributed by atoms with Crippen LogP contribution in [0.1, 0.15) is 52.0 Å². The number of rotatable bonds is 6. The van der Waals surface area contributed by atoms with Crippen LogP contribution >= 0.6 is 11.6 Å². The van der Waals surface area contributed by atoms with Gasteiger partial charge in [0.15, 0.2) is 0 Å². The van der Waals surface area contributed by atoms with Crippen LogP contribution in [0.5, 0.6) is 0 Å². The second-order valence-corrected chi connectivity index (χ2v) is 9.82. The summed E-state index contributed by atoms with van der Waals surface area (Å²) in [6.07, 6.45) is 1.74. The number of hydrogen-bond acceptors (Lipinski definition) is 7. The van der Waals surface area contributed by atoms with Crippen LogP contribution in [0.25, 0.3) is 0 Å². The van der Waals surface area contributed by atoms with Crippen molar-refractivity contribution < 1.29 is 31.9 Å². The first kappa shape index (κ1) is 23.3. The number of carbonyl (C=O) groups excluding carboxylic acids is 2. The lowest BCUT2D eigenvalue weighted by Crippen LogP contribution is -2.39. The van der Waals surface area contributed by atoms with Crippen molar-refractivity contribution in [2.45, 2.75) is 38.2 Å². The van der Waals surface area contributed by atoms with Crippen molar-refractivity contribution in [2.75, 3.05) is 20.2 Å². The normalized spacial score (nSPS) is 17.4. The number of furan rings is 1. The minimum Gasteiger partial charge on any atom is -0.465 e. The molecule has 0 N–H and O–H groups in total. The Balaban J connectivity index is 1.76. The third kappa shape index (κ3) is 5.11. The third-order valence-electron chi connectivity index (χ3n) is 5.12. The van der Waals surface area contributed by atoms with Crippen molar-refractivity contribution in [2.24, 2.45) is 5.92 Å². The Bertz CT molecular complexity index is 1090. The summed E-state index contributed by atoms with van der Waals surface area (Å²) in [5.74, 6) is -0.446. The molecular weight excluding hydrogens is 446 g/mol. The lowest BCUT2D eigenvalue weighted by molar-refractivity contribution is 0.0443. The largest absolute Gasteiger partial charge is 0.465 e. The number of benzene rings is 1. The number of carbonyl (C=O) groups is 2. The van der Waals surface area contributed by atoms with Crippen LogP contribution < -0.4 is 0 Å². The maximum absolute atomic E-state index is 13.1. The SMILES string of the molecule is COC(=O)c1cc(COC(=O)c2ccc(Cl)c(S(=O)(=O)N3CCCC(C)C3)c2)oc1C. The van der Waals surface area contributed by atoms with Crippen molar-refractivity contribution in [3.8, 4) is 0 Å². The van der Waals surface area contributed by atoms with Gasteiger partial charge in [-0.2, -0.15) is 4.31 Å². The Morgan fingerprint density at radius 1 is 1.26 bits per heavy atom. The van der Waals surface area contributed by atoms with Gasteiger partial charge in [-0.05, 0) is 49.9 Å². The van der Waals surface area contributed by atoms with Gasteiger partial charge >= 0.3 is 11.9 Å². The molecule has 0 radical (unpaired) electrons. The molecule has 0 saturated carbocycles. The van der Waals surface area contributed by atoms with E-state index in [0.717, 1.165) is 12.8 Å². The number of hydrogen-bond donors (Lipinski definition) is 0. The van der Waals surface area contributed by atoms with Gasteiger partial charge in [0.05, 0.1) is 17.7 Å². The molecule has 1 atom stereocenters. The van der Waals surface area contributed by atoms with Crippen LogP contribution in [0.4, 0.5) is 0 Å². The molecule has 2 aromatic rings. The Labute approximate surface area is 186 Å². The first-order chi connectivity index (χ1) is 14.6. The molecule has 31 heavy (non-hydrogen) atoms. The summed E-state index contributed by atoms with van der Waals surface area (Å²) < 4.78 is 42.8. The summed E-state index contributed by atoms with van der Waals surface area (Å²) in [4.78, 5) is 24.0. The predicted octanol–water partition coefficient (Wildman–Crippen LogP) is 3.81. The molecule has 0 aliphatic carbocycles. The van der Waals surface area contributed by atoms with Gasteiger partial charge < -0.3 is 13.9 Å². The highest BCUT2D eigenvalue weighted by Crippen LogP contribution is 2.29. The van der Waals surface area contributed by atoms with E-state index in [1.54, 1.807) is 6.92 Å². The van der Waals surface area contributed by atoms with Crippen LogP contribution in [0.3, 0.4) is 0 Å². The van der Waals surface area contributed by atoms with Crippen LogP contribution in [0.15, 0.2) is 33.6 Å². The summed E-state index contributed by atoms with van der Waals surface area (Å²) in [5.41, 5.74) is 0.286. The molecule has 1 aliphatic rings. The zero-order valence-electron chi connectivity index (χ0n) is 17.5. The third-order valence-corrected chi connectivity index (χ3v) is 7.47. The van der Waals surface area contributed by atoms with E-state index < -0.39 is 22.0 Å². The molecule has 1 aliphatic heterocycles. The van der Waals surface area contributed by atoms with Crippen molar-refractivity contribution in [3.05, 3.63) is 51.9 Å². The second-order valence-electron chi connectivity index (χ2n) is 7.51. The maximum Gasteiger partial charge on any atom is 0.341 e. The molecule has 0 spiro atoms. The van der Waals surface area contributed by atoms with E-state index in [2.05, 4.69) is 4.74 Å². The fraction of sp³-hybridized carbons (Fsp3) is 0.429. The van der Waals surface area contributed by atoms with Crippen molar-refractivity contribution in [1.82, 2.24) is 4.31 Å². The van der Waals surface area contributed by atoms with Crippen molar-refractivity contribution in [3.63, 3.8) is 0 Å². The molecular formula is C21H24ClNO7S. The average molecular weight is 470 g/mol. The highest BCUT2D eigenvalue weighted by molar-refractivity contribution is 7.89. The first-order valence-electron chi connectivity index (χ1n) is 9.78. The summed E-state index contributed by atoms with van der Waals surface area (Å²) in [6, 6.07) is 5.43. The molecule has 1 aromatic heterocycles. The summed E-state index contributed by atoms with van der Waals surface area (Å²) in [7, 11) is -2.58. The number of ether oxygens (including phenoxy) is 2. The van der Waals surface area contributed by atoms with Gasteiger partial charge in [0, 0.05) is 13.1 Å². The molecule has 168 valence electrons. The number of aryl methyl sites for hydroxylation is 1. The van der Waals surface area contributed by atoms with Crippen LogP contribution in [-0.4, -0.2) is 44.9 Å². The van der Waals surface area contributed by atoms with E-state index in [-0.39, 0.29) is 39.3 Å². The van der Waals surface area contributed by atoms with Gasteiger partial charge in [-0.3, -0.25) is 0 Å². The van der Waals surface area contributed by atoms with E-state index in [4.69, 9.17) is 20.8 Å². The van der Waals surface area contributed by atoms with E-state index in [1.807, 2.05) is 6.92 Å². The standard InChI is InChI=1S/C21H24ClNO7S/c1-13-5-4-8-23(11-13)31(26,27)19-9-15(6-7-18(19)22)20(24)29-12-16-10-17(14(2)30-16)21(25)28-3/h6-7,9-10,13H,4-5,8,11-12H2,1-3H3. The predicted molar refractivity (Wildman–Crippen MR) is 113 cm³/mol. The molecule has 1 fully saturated rings. The van der Waals surface area contributed by atoms with Gasteiger partial charge in [-0.1, -0.05) is 18.5 Å². The van der Waals surface area contributed by atoms with Gasteiger partial charge in [0.1, 0.15) is 28.6 Å². The maximum atomic E-state index is 13.1. The minimum atomic E-state index is -3.84. The molecule has 0 amide bonds. The number of piperidine rings is 1. The van der Waals surface area contributed by atoms with Crippen molar-refractivity contribution >= 4 is 33.6 Å². The highest BCUT2D eigenvalue weighted by atomic mass is 35.5. The molecule has 10 heteroatoms. The van der Waals surface area contributed by atoms with E-state index in [1.165, 1.54) is 35.7 Å². The molecule has 8 nitrogen and oxygen atoms in total. The van der Waals surface area contributed by atoms with E-state index >= 15 is 0 Å². The van der Waals surface area contributed by atoms with Gasteiger partial charge in [-0.15, -0.1) is 0 Å². The van der Waals surface area contributed by atoms with Crippen LogP contribution in [0, 0.1) is 12.8 Å². The lowest BCUT2D eigenvalue weighted by atomic mass is 10.0. The molecule has 1 saturated heterocycles. The minimum absolute atomic E-state index is 0.0409. The number of sulfonamides is 1. The summed E-state index contributed by atoms with van der Waals surface area (Å²) in [5, 5.41) is 0.0409. The Hall–Kier alpha value is -2.36. The highest BCUT2D eigenvalue weighted by Gasteiger charge is 2.31. The number of esters is 2. The number of nitrogens with zero attached hydrogens (tertiary/aromatic N) is 1. The van der Waals surface area contributed by atoms with Gasteiger partial charge in [0.25, 0.3) is 0 Å². The fourth-order valence-corrected chi connectivity index (χ4v) is 5.58. The second kappa shape index (κ2) is 9.42. The summed E-state index contributed by atoms with van der Waals surface area (Å²) >= 11 is 6.16. The topological polar surface area (TPSA) is 103 Å². The number of halogens is 1. The smallest absolute Gasteiger partial charge is 0.341 e. The van der Waals surface area contributed by atoms with E-state index in [0.29, 0.717) is 18.8 Å². The Morgan fingerprint density at radius 2 is 2.00 bits per heavy atom. The van der Waals surface area contributed by atoms with Gasteiger partial charge in [0.2, 0.25) is 10.0 Å². The zero-order chi connectivity index (χ0) is 22.8. The average Bonchev–Trinajstić information content (AvgIpc) is 3.12. The molecule has 2 heterocycles. The van der Waals surface area contributed by atoms with Crippen molar-refractivity contribution in [1.29, 1.82) is 0 Å². The molecule has 1 aromatic carbocycles. The quantitative estimate of drug-likeness (QED) is 0.592. The van der Waals surface area contributed by atoms with Crippen LogP contribution in [0.2, 0.25) is 5.02 Å². The molecule has 0 bridgehead atoms. The molecule has 3 rings (SSSR count). The zero-order valence-corrected chi connectivity index (χ0v) is 19.1. The number of methoxy groups -OCH3 is 1. The van der Waals surface area contributed by atoms with E-state index in [9.17, 15) is 18.0 Å². The molecule has 1 unspecified atom stereocenters. The fourth-order valence-electron chi connectivity index (χ4n) is 3.48. The summed E-state index contributed by atoms with van der Waals surface area (Å²) in [6.45, 7) is 4.19. The first-order valence-corrected chi connectivity index (χ1v) is 11.6. The monoisotopic (exact) mass is 469 g/mol. The Kier molecular flexibility index (Phi) is 7.08. The van der Waals surface area contributed by atoms with Gasteiger partial charge in [-0.25, -0.2) is 18.0 Å². The lowest BCUT2D eigenvalue weighted by Gasteiger charge is -2.30. The van der Waals surface area contributed by atoms with Crippen LogP contribution in [-0.2, 0) is 26.1 Å². The Morgan fingerprint density at radius 3 is 2.68 bits per heavy atom.